The number of carbonyl (C=O) groups excluding carboxylic acids is 3. The molecular formula is C17H10F5NO5. The van der Waals surface area contributed by atoms with E-state index >= 15 is 0 Å². The van der Waals surface area contributed by atoms with Gasteiger partial charge < -0.3 is 14.8 Å². The highest BCUT2D eigenvalue weighted by molar-refractivity contribution is 6.06. The minimum absolute atomic E-state index is 0.252. The normalized spacial score (nSPS) is 10.4. The first kappa shape index (κ1) is 20.8. The molecule has 0 aliphatic rings. The van der Waals surface area contributed by atoms with Crippen LogP contribution in [0.25, 0.3) is 0 Å². The van der Waals surface area contributed by atoms with Crippen LogP contribution in [0.3, 0.4) is 0 Å². The average Bonchev–Trinajstić information content (AvgIpc) is 2.69. The summed E-state index contributed by atoms with van der Waals surface area (Å²) in [5.74, 6) is -15.3. The van der Waals surface area contributed by atoms with Gasteiger partial charge in [-0.25, -0.2) is 31.5 Å². The third kappa shape index (κ3) is 3.77. The Hall–Kier alpha value is -3.50. The summed E-state index contributed by atoms with van der Waals surface area (Å²) in [4.78, 5) is 35.4. The summed E-state index contributed by atoms with van der Waals surface area (Å²) in [5, 5.41) is 1.86. The fourth-order valence-corrected chi connectivity index (χ4v) is 2.17. The molecule has 2 aromatic rings. The summed E-state index contributed by atoms with van der Waals surface area (Å²) in [5.41, 5.74) is -2.60. The lowest BCUT2D eigenvalue weighted by atomic mass is 10.1. The molecule has 0 fully saturated rings. The molecule has 0 aromatic heterocycles. The predicted octanol–water partition coefficient (Wildman–Crippen LogP) is 3.21. The van der Waals surface area contributed by atoms with E-state index in [0.29, 0.717) is 0 Å². The van der Waals surface area contributed by atoms with E-state index in [-0.39, 0.29) is 16.8 Å². The minimum Gasteiger partial charge on any atom is -0.465 e. The largest absolute Gasteiger partial charge is 0.465 e. The van der Waals surface area contributed by atoms with E-state index < -0.39 is 52.5 Å². The SMILES string of the molecule is COC(=O)c1cc(NC(=O)c2c(F)c(F)c(F)c(F)c2F)cc(C(=O)OC)c1. The van der Waals surface area contributed by atoms with Crippen molar-refractivity contribution in [2.24, 2.45) is 0 Å². The topological polar surface area (TPSA) is 81.7 Å². The molecule has 0 bridgehead atoms. The predicted molar refractivity (Wildman–Crippen MR) is 83.3 cm³/mol. The molecule has 0 aliphatic heterocycles. The first-order valence-corrected chi connectivity index (χ1v) is 7.26. The molecule has 28 heavy (non-hydrogen) atoms. The van der Waals surface area contributed by atoms with Gasteiger partial charge in [0.15, 0.2) is 23.3 Å². The van der Waals surface area contributed by atoms with Crippen LogP contribution in [0.15, 0.2) is 18.2 Å². The van der Waals surface area contributed by atoms with E-state index in [2.05, 4.69) is 9.47 Å². The quantitative estimate of drug-likeness (QED) is 0.367. The van der Waals surface area contributed by atoms with E-state index in [1.807, 2.05) is 5.32 Å². The highest BCUT2D eigenvalue weighted by atomic mass is 19.2. The minimum atomic E-state index is -2.42. The second-order valence-electron chi connectivity index (χ2n) is 5.18. The maximum absolute atomic E-state index is 13.7. The summed E-state index contributed by atoms with van der Waals surface area (Å²) in [6.07, 6.45) is 0. The number of rotatable bonds is 4. The van der Waals surface area contributed by atoms with Crippen molar-refractivity contribution in [1.29, 1.82) is 0 Å². The van der Waals surface area contributed by atoms with E-state index in [9.17, 15) is 36.3 Å². The van der Waals surface area contributed by atoms with Crippen molar-refractivity contribution in [2.75, 3.05) is 19.5 Å². The molecule has 0 heterocycles. The number of hydrogen-bond donors (Lipinski definition) is 1. The molecule has 0 atom stereocenters. The van der Waals surface area contributed by atoms with Crippen molar-refractivity contribution in [3.63, 3.8) is 0 Å². The number of carbonyl (C=O) groups is 3. The summed E-state index contributed by atoms with van der Waals surface area (Å²) < 4.78 is 76.1. The standard InChI is InChI=1S/C17H10F5NO5/c1-27-16(25)6-3-7(17(26)28-2)5-8(4-6)23-15(24)9-10(18)12(20)14(22)13(21)11(9)19/h3-5H,1-2H3,(H,23,24). The first-order chi connectivity index (χ1) is 13.1. The number of ether oxygens (including phenoxy) is 2. The highest BCUT2D eigenvalue weighted by Crippen LogP contribution is 2.25. The molecule has 1 N–H and O–H groups in total. The molecule has 148 valence electrons. The molecule has 2 aromatic carbocycles. The number of anilines is 1. The lowest BCUT2D eigenvalue weighted by molar-refractivity contribution is 0.0598. The molecule has 0 unspecified atom stereocenters. The third-order valence-corrected chi connectivity index (χ3v) is 3.47. The van der Waals surface area contributed by atoms with Crippen LogP contribution in [0, 0.1) is 29.1 Å². The van der Waals surface area contributed by atoms with Crippen LogP contribution in [0.1, 0.15) is 31.1 Å². The lowest BCUT2D eigenvalue weighted by Gasteiger charge is -2.11. The van der Waals surface area contributed by atoms with Crippen molar-refractivity contribution in [1.82, 2.24) is 0 Å². The molecule has 11 heteroatoms. The van der Waals surface area contributed by atoms with E-state index in [4.69, 9.17) is 0 Å². The first-order valence-electron chi connectivity index (χ1n) is 7.26. The molecule has 6 nitrogen and oxygen atoms in total. The van der Waals surface area contributed by atoms with Crippen LogP contribution >= 0.6 is 0 Å². The zero-order valence-electron chi connectivity index (χ0n) is 14.2. The van der Waals surface area contributed by atoms with Gasteiger partial charge in [-0.1, -0.05) is 0 Å². The van der Waals surface area contributed by atoms with Gasteiger partial charge >= 0.3 is 11.9 Å². The van der Waals surface area contributed by atoms with Crippen LogP contribution < -0.4 is 5.32 Å². The van der Waals surface area contributed by atoms with Crippen molar-refractivity contribution < 1.29 is 45.8 Å². The van der Waals surface area contributed by atoms with Crippen LogP contribution in [-0.2, 0) is 9.47 Å². The summed E-state index contributed by atoms with van der Waals surface area (Å²) >= 11 is 0. The van der Waals surface area contributed by atoms with Crippen molar-refractivity contribution in [3.8, 4) is 0 Å². The zero-order valence-corrected chi connectivity index (χ0v) is 14.2. The Balaban J connectivity index is 2.52. The Morgan fingerprint density at radius 3 is 1.50 bits per heavy atom. The highest BCUT2D eigenvalue weighted by Gasteiger charge is 2.30. The number of esters is 2. The summed E-state index contributed by atoms with van der Waals surface area (Å²) in [7, 11) is 2.06. The Bertz CT molecular complexity index is 929. The maximum atomic E-state index is 13.7. The molecule has 0 aliphatic carbocycles. The molecular weight excluding hydrogens is 393 g/mol. The maximum Gasteiger partial charge on any atom is 0.337 e. The van der Waals surface area contributed by atoms with Crippen LogP contribution in [0.5, 0.6) is 0 Å². The second kappa shape index (κ2) is 8.03. The third-order valence-electron chi connectivity index (χ3n) is 3.47. The van der Waals surface area contributed by atoms with Crippen LogP contribution in [0.2, 0.25) is 0 Å². The van der Waals surface area contributed by atoms with Crippen molar-refractivity contribution in [3.05, 3.63) is 64.0 Å². The number of methoxy groups -OCH3 is 2. The lowest BCUT2D eigenvalue weighted by Crippen LogP contribution is -2.20. The van der Waals surface area contributed by atoms with Gasteiger partial charge in [-0.05, 0) is 18.2 Å². The summed E-state index contributed by atoms with van der Waals surface area (Å²) in [6.45, 7) is 0. The fraction of sp³-hybridized carbons (Fsp3) is 0.118. The van der Waals surface area contributed by atoms with Crippen LogP contribution in [0.4, 0.5) is 27.6 Å². The van der Waals surface area contributed by atoms with E-state index in [1.165, 1.54) is 0 Å². The zero-order chi connectivity index (χ0) is 21.2. The Morgan fingerprint density at radius 1 is 0.714 bits per heavy atom. The number of benzene rings is 2. The monoisotopic (exact) mass is 403 g/mol. The van der Waals surface area contributed by atoms with Gasteiger partial charge in [0.2, 0.25) is 5.82 Å². The van der Waals surface area contributed by atoms with Gasteiger partial charge in [0, 0.05) is 5.69 Å². The van der Waals surface area contributed by atoms with Gasteiger partial charge in [-0.15, -0.1) is 0 Å². The van der Waals surface area contributed by atoms with Crippen LogP contribution in [-0.4, -0.2) is 32.1 Å². The smallest absolute Gasteiger partial charge is 0.337 e. The van der Waals surface area contributed by atoms with Gasteiger partial charge in [-0.2, -0.15) is 0 Å². The number of halogens is 5. The van der Waals surface area contributed by atoms with Gasteiger partial charge in [0.1, 0.15) is 5.56 Å². The van der Waals surface area contributed by atoms with E-state index in [0.717, 1.165) is 32.4 Å². The average molecular weight is 403 g/mol. The molecule has 0 saturated carbocycles. The molecule has 0 saturated heterocycles. The summed E-state index contributed by atoms with van der Waals surface area (Å²) in [6, 6.07) is 2.97. The Labute approximate surface area is 153 Å². The number of nitrogens with one attached hydrogen (secondary N) is 1. The van der Waals surface area contributed by atoms with Gasteiger partial charge in [0.25, 0.3) is 5.91 Å². The van der Waals surface area contributed by atoms with Crippen molar-refractivity contribution in [2.45, 2.75) is 0 Å². The Morgan fingerprint density at radius 2 is 1.11 bits per heavy atom. The van der Waals surface area contributed by atoms with E-state index in [1.54, 1.807) is 0 Å². The Kier molecular flexibility index (Phi) is 5.96. The fourth-order valence-electron chi connectivity index (χ4n) is 2.17. The number of amides is 1. The molecule has 0 spiro atoms. The van der Waals surface area contributed by atoms with Crippen molar-refractivity contribution >= 4 is 23.5 Å². The number of hydrogen-bond acceptors (Lipinski definition) is 5. The van der Waals surface area contributed by atoms with Gasteiger partial charge in [0.05, 0.1) is 25.3 Å². The molecule has 0 radical (unpaired) electrons. The molecule has 1 amide bonds. The second-order valence-corrected chi connectivity index (χ2v) is 5.18. The van der Waals surface area contributed by atoms with Gasteiger partial charge in [-0.3, -0.25) is 4.79 Å². The molecule has 2 rings (SSSR count).